The molecular formula is C11H12F2N2O3. The number of halogens is 2. The van der Waals surface area contributed by atoms with Crippen molar-refractivity contribution in [2.24, 2.45) is 0 Å². The van der Waals surface area contributed by atoms with Gasteiger partial charge in [0.25, 0.3) is 5.91 Å². The minimum Gasteiger partial charge on any atom is -0.396 e. The monoisotopic (exact) mass is 258 g/mol. The van der Waals surface area contributed by atoms with Gasteiger partial charge in [0, 0.05) is 19.2 Å². The fourth-order valence-electron chi connectivity index (χ4n) is 1.84. The fourth-order valence-corrected chi connectivity index (χ4v) is 1.84. The van der Waals surface area contributed by atoms with Crippen LogP contribution in [0.3, 0.4) is 0 Å². The number of aliphatic hydroxyl groups is 2. The highest BCUT2D eigenvalue weighted by Crippen LogP contribution is 2.20. The molecule has 4 N–H and O–H groups in total. The Hall–Kier alpha value is -1.73. The van der Waals surface area contributed by atoms with Crippen LogP contribution >= 0.6 is 0 Å². The summed E-state index contributed by atoms with van der Waals surface area (Å²) in [5.74, 6) is -2.71. The van der Waals surface area contributed by atoms with E-state index in [0.29, 0.717) is 6.07 Å². The van der Waals surface area contributed by atoms with Gasteiger partial charge in [0.05, 0.1) is 23.5 Å². The van der Waals surface area contributed by atoms with Gasteiger partial charge in [-0.1, -0.05) is 0 Å². The largest absolute Gasteiger partial charge is 0.396 e. The molecule has 2 rings (SSSR count). The minimum absolute atomic E-state index is 0.100. The number of β-amino-alcohol motifs (C(OH)–C–C–N with tert-alkyl or cyclic N) is 2. The smallest absolute Gasteiger partial charge is 0.257 e. The molecule has 7 heteroatoms. The number of likely N-dealkylation sites (tertiary alicyclic amines) is 1. The van der Waals surface area contributed by atoms with Crippen molar-refractivity contribution < 1.29 is 23.8 Å². The highest BCUT2D eigenvalue weighted by Gasteiger charge is 2.34. The van der Waals surface area contributed by atoms with Gasteiger partial charge in [0.15, 0.2) is 0 Å². The van der Waals surface area contributed by atoms with E-state index in [2.05, 4.69) is 0 Å². The third-order valence-electron chi connectivity index (χ3n) is 2.86. The number of hydrogen-bond acceptors (Lipinski definition) is 4. The number of carbonyl (C=O) groups is 1. The van der Waals surface area contributed by atoms with E-state index in [-0.39, 0.29) is 24.3 Å². The molecule has 18 heavy (non-hydrogen) atoms. The third kappa shape index (κ3) is 2.14. The van der Waals surface area contributed by atoms with E-state index in [1.54, 1.807) is 0 Å². The summed E-state index contributed by atoms with van der Waals surface area (Å²) in [6.07, 6.45) is -2.12. The van der Waals surface area contributed by atoms with Crippen LogP contribution in [0.15, 0.2) is 12.1 Å². The van der Waals surface area contributed by atoms with Crippen molar-refractivity contribution >= 4 is 11.6 Å². The van der Waals surface area contributed by atoms with Gasteiger partial charge in [0.2, 0.25) is 0 Å². The van der Waals surface area contributed by atoms with Crippen molar-refractivity contribution in [3.05, 3.63) is 29.3 Å². The standard InChI is InChI=1S/C11H12F2N2O3/c12-6-2-7(13)8(14)1-5(6)11(18)15-3-9(16)10(17)4-15/h1-2,9-10,16-17H,3-4,14H2. The summed E-state index contributed by atoms with van der Waals surface area (Å²) in [4.78, 5) is 13.0. The van der Waals surface area contributed by atoms with E-state index in [4.69, 9.17) is 5.73 Å². The highest BCUT2D eigenvalue weighted by molar-refractivity contribution is 5.95. The maximum Gasteiger partial charge on any atom is 0.257 e. The van der Waals surface area contributed by atoms with Crippen LogP contribution in [-0.2, 0) is 0 Å². The Morgan fingerprint density at radius 1 is 1.22 bits per heavy atom. The number of benzene rings is 1. The summed E-state index contributed by atoms with van der Waals surface area (Å²) in [5.41, 5.74) is 4.56. The first-order valence-corrected chi connectivity index (χ1v) is 5.30. The number of nitrogens with two attached hydrogens (primary N) is 1. The summed E-state index contributed by atoms with van der Waals surface area (Å²) in [6, 6.07) is 1.44. The molecule has 2 unspecified atom stereocenters. The minimum atomic E-state index is -1.06. The Bertz CT molecular complexity index is 485. The van der Waals surface area contributed by atoms with Crippen molar-refractivity contribution in [3.63, 3.8) is 0 Å². The van der Waals surface area contributed by atoms with Crippen LogP contribution in [0.5, 0.6) is 0 Å². The first-order valence-electron chi connectivity index (χ1n) is 5.30. The van der Waals surface area contributed by atoms with Gasteiger partial charge in [-0.15, -0.1) is 0 Å². The Labute approximate surface area is 101 Å². The van der Waals surface area contributed by atoms with E-state index in [1.165, 1.54) is 0 Å². The maximum atomic E-state index is 13.5. The average molecular weight is 258 g/mol. The summed E-state index contributed by atoms with van der Waals surface area (Å²) < 4.78 is 26.4. The zero-order valence-corrected chi connectivity index (χ0v) is 9.31. The van der Waals surface area contributed by atoms with Crippen LogP contribution in [0.2, 0.25) is 0 Å². The van der Waals surface area contributed by atoms with Gasteiger partial charge >= 0.3 is 0 Å². The zero-order chi connectivity index (χ0) is 13.4. The molecular weight excluding hydrogens is 246 g/mol. The molecule has 1 aromatic rings. The van der Waals surface area contributed by atoms with Crippen molar-refractivity contribution in [2.75, 3.05) is 18.8 Å². The number of anilines is 1. The second-order valence-corrected chi connectivity index (χ2v) is 4.20. The number of aliphatic hydroxyl groups excluding tert-OH is 2. The van der Waals surface area contributed by atoms with Crippen molar-refractivity contribution in [3.8, 4) is 0 Å². The lowest BCUT2D eigenvalue weighted by atomic mass is 10.1. The summed E-state index contributed by atoms with van der Waals surface area (Å²) in [6.45, 7) is -0.201. The Kier molecular flexibility index (Phi) is 3.18. The molecule has 1 fully saturated rings. The number of amides is 1. The van der Waals surface area contributed by atoms with Gasteiger partial charge in [-0.05, 0) is 6.07 Å². The number of carbonyl (C=O) groups excluding carboxylic acids is 1. The zero-order valence-electron chi connectivity index (χ0n) is 9.31. The normalized spacial score (nSPS) is 23.4. The molecule has 0 spiro atoms. The summed E-state index contributed by atoms with van der Waals surface area (Å²) in [7, 11) is 0. The molecule has 2 atom stereocenters. The van der Waals surface area contributed by atoms with Crippen LogP contribution < -0.4 is 5.73 Å². The van der Waals surface area contributed by atoms with Crippen molar-refractivity contribution in [1.82, 2.24) is 4.90 Å². The third-order valence-corrected chi connectivity index (χ3v) is 2.86. The lowest BCUT2D eigenvalue weighted by Gasteiger charge is -2.16. The second kappa shape index (κ2) is 4.51. The number of nitrogen functional groups attached to an aromatic ring is 1. The molecule has 0 aliphatic carbocycles. The fraction of sp³-hybridized carbons (Fsp3) is 0.364. The van der Waals surface area contributed by atoms with E-state index in [1.807, 2.05) is 0 Å². The maximum absolute atomic E-state index is 13.5. The van der Waals surface area contributed by atoms with Crippen molar-refractivity contribution in [2.45, 2.75) is 12.2 Å². The number of hydrogen-bond donors (Lipinski definition) is 3. The van der Waals surface area contributed by atoms with Crippen molar-refractivity contribution in [1.29, 1.82) is 0 Å². The summed E-state index contributed by atoms with van der Waals surface area (Å²) >= 11 is 0. The lowest BCUT2D eigenvalue weighted by molar-refractivity contribution is 0.0572. The molecule has 0 aromatic heterocycles. The predicted molar refractivity (Wildman–Crippen MR) is 58.7 cm³/mol. The van der Waals surface area contributed by atoms with Gasteiger partial charge in [0.1, 0.15) is 11.6 Å². The molecule has 1 aliphatic rings. The molecule has 5 nitrogen and oxygen atoms in total. The van der Waals surface area contributed by atoms with Gasteiger partial charge < -0.3 is 20.8 Å². The van der Waals surface area contributed by atoms with E-state index in [9.17, 15) is 23.8 Å². The molecule has 1 heterocycles. The van der Waals surface area contributed by atoms with Crippen LogP contribution in [-0.4, -0.2) is 46.3 Å². The molecule has 0 radical (unpaired) electrons. The lowest BCUT2D eigenvalue weighted by Crippen LogP contribution is -2.30. The molecule has 1 amide bonds. The van der Waals surface area contributed by atoms with Crippen LogP contribution in [0.1, 0.15) is 10.4 Å². The predicted octanol–water partition coefficient (Wildman–Crippen LogP) is -0.275. The highest BCUT2D eigenvalue weighted by atomic mass is 19.1. The number of rotatable bonds is 1. The Balaban J connectivity index is 2.27. The van der Waals surface area contributed by atoms with E-state index < -0.39 is 29.7 Å². The average Bonchev–Trinajstić information content (AvgIpc) is 2.63. The van der Waals surface area contributed by atoms with Crippen LogP contribution in [0.25, 0.3) is 0 Å². The molecule has 1 saturated heterocycles. The first kappa shape index (κ1) is 12.7. The molecule has 1 aromatic carbocycles. The second-order valence-electron chi connectivity index (χ2n) is 4.20. The Morgan fingerprint density at radius 2 is 1.78 bits per heavy atom. The van der Waals surface area contributed by atoms with E-state index in [0.717, 1.165) is 11.0 Å². The Morgan fingerprint density at radius 3 is 2.33 bits per heavy atom. The quantitative estimate of drug-likeness (QED) is 0.605. The molecule has 0 bridgehead atoms. The number of nitrogens with zero attached hydrogens (tertiary/aromatic N) is 1. The van der Waals surface area contributed by atoms with Gasteiger partial charge in [-0.2, -0.15) is 0 Å². The SMILES string of the molecule is Nc1cc(C(=O)N2CC(O)C(O)C2)c(F)cc1F. The van der Waals surface area contributed by atoms with E-state index >= 15 is 0 Å². The molecule has 98 valence electrons. The van der Waals surface area contributed by atoms with Crippen LogP contribution in [0.4, 0.5) is 14.5 Å². The van der Waals surface area contributed by atoms with Crippen LogP contribution in [0, 0.1) is 11.6 Å². The van der Waals surface area contributed by atoms with Gasteiger partial charge in [-0.3, -0.25) is 4.79 Å². The molecule has 0 saturated carbocycles. The first-order chi connectivity index (χ1) is 8.40. The summed E-state index contributed by atoms with van der Waals surface area (Å²) in [5, 5.41) is 18.6. The van der Waals surface area contributed by atoms with Gasteiger partial charge in [-0.25, -0.2) is 8.78 Å². The topological polar surface area (TPSA) is 86.8 Å². The molecule has 1 aliphatic heterocycles.